The van der Waals surface area contributed by atoms with Gasteiger partial charge >= 0.3 is 0 Å². The zero-order valence-corrected chi connectivity index (χ0v) is 15.2. The number of carbonyl (C=O) groups is 1. The van der Waals surface area contributed by atoms with E-state index in [4.69, 9.17) is 4.74 Å². The summed E-state index contributed by atoms with van der Waals surface area (Å²) in [6.07, 6.45) is 2.42. The summed E-state index contributed by atoms with van der Waals surface area (Å²) in [5.74, 6) is 1.19. The molecule has 1 N–H and O–H groups in total. The maximum absolute atomic E-state index is 12.3. The number of unbranched alkanes of at least 4 members (excludes halogenated alkanes) is 1. The first-order valence-corrected chi connectivity index (χ1v) is 8.30. The number of aryl methyl sites for hydroxylation is 1. The third-order valence-corrected chi connectivity index (χ3v) is 4.40. The third-order valence-electron chi connectivity index (χ3n) is 4.40. The van der Waals surface area contributed by atoms with Crippen LogP contribution in [0, 0.1) is 6.92 Å². The molecule has 23 heavy (non-hydrogen) atoms. The average Bonchev–Trinajstić information content (AvgIpc) is 2.49. The van der Waals surface area contributed by atoms with Gasteiger partial charge < -0.3 is 15.0 Å². The number of hydrogen-bond acceptors (Lipinski definition) is 3. The van der Waals surface area contributed by atoms with Crippen molar-refractivity contribution in [2.24, 2.45) is 0 Å². The van der Waals surface area contributed by atoms with Crippen LogP contribution in [-0.2, 0) is 4.79 Å². The minimum absolute atomic E-state index is 0. The summed E-state index contributed by atoms with van der Waals surface area (Å²) in [5, 5.41) is 3.40. The fourth-order valence-electron chi connectivity index (χ4n) is 2.83. The van der Waals surface area contributed by atoms with Crippen molar-refractivity contribution in [1.29, 1.82) is 0 Å². The monoisotopic (exact) mass is 340 g/mol. The Morgan fingerprint density at radius 3 is 2.87 bits per heavy atom. The van der Waals surface area contributed by atoms with Crippen molar-refractivity contribution in [3.05, 3.63) is 29.8 Å². The lowest BCUT2D eigenvalue weighted by Gasteiger charge is -2.38. The molecule has 1 aromatic carbocycles. The van der Waals surface area contributed by atoms with Gasteiger partial charge in [-0.15, -0.1) is 12.4 Å². The summed E-state index contributed by atoms with van der Waals surface area (Å²) < 4.78 is 5.72. The molecule has 2 rings (SSSR count). The second-order valence-electron chi connectivity index (χ2n) is 6.19. The predicted octanol–water partition coefficient (Wildman–Crippen LogP) is 3.17. The van der Waals surface area contributed by atoms with Crippen molar-refractivity contribution < 1.29 is 9.53 Å². The predicted molar refractivity (Wildman–Crippen MR) is 96.4 cm³/mol. The summed E-state index contributed by atoms with van der Waals surface area (Å²) in [5.41, 5.74) is 1.20. The summed E-state index contributed by atoms with van der Waals surface area (Å²) >= 11 is 0. The van der Waals surface area contributed by atoms with Gasteiger partial charge in [0.1, 0.15) is 5.75 Å². The Morgan fingerprint density at radius 2 is 2.13 bits per heavy atom. The minimum atomic E-state index is 0. The molecule has 0 aliphatic carbocycles. The number of carbonyl (C=O) groups excluding carboxylic acids is 1. The van der Waals surface area contributed by atoms with E-state index in [1.54, 1.807) is 0 Å². The highest BCUT2D eigenvalue weighted by Gasteiger charge is 2.27. The highest BCUT2D eigenvalue weighted by atomic mass is 35.5. The Bertz CT molecular complexity index is 496. The van der Waals surface area contributed by atoms with E-state index >= 15 is 0 Å². The van der Waals surface area contributed by atoms with Crippen LogP contribution in [0.25, 0.3) is 0 Å². The molecule has 1 amide bonds. The summed E-state index contributed by atoms with van der Waals surface area (Å²) in [6, 6.07) is 8.73. The molecule has 1 heterocycles. The highest BCUT2D eigenvalue weighted by molar-refractivity contribution is 5.85. The van der Waals surface area contributed by atoms with E-state index in [-0.39, 0.29) is 24.4 Å². The summed E-state index contributed by atoms with van der Waals surface area (Å²) in [4.78, 5) is 14.3. The van der Waals surface area contributed by atoms with Crippen molar-refractivity contribution >= 4 is 18.3 Å². The number of hydrogen-bond donors (Lipinski definition) is 1. The molecule has 0 saturated carbocycles. The van der Waals surface area contributed by atoms with Crippen molar-refractivity contribution in [1.82, 2.24) is 10.2 Å². The molecule has 4 nitrogen and oxygen atoms in total. The number of halogens is 1. The lowest BCUT2D eigenvalue weighted by Crippen LogP contribution is -2.57. The van der Waals surface area contributed by atoms with Crippen molar-refractivity contribution in [2.45, 2.75) is 52.1 Å². The standard InChI is InChI=1S/C18H28N2O2.ClH/c1-14-7-6-8-17(13-14)22-12-5-4-9-18(21)20-11-10-19-15(2)16(20)3;/h6-8,13,15-16,19H,4-5,9-12H2,1-3H3;1H. The Hall–Kier alpha value is -1.26. The summed E-state index contributed by atoms with van der Waals surface area (Å²) in [6.45, 7) is 8.71. The van der Waals surface area contributed by atoms with Crippen molar-refractivity contribution in [3.8, 4) is 5.75 Å². The molecule has 1 saturated heterocycles. The van der Waals surface area contributed by atoms with Gasteiger partial charge in [-0.25, -0.2) is 0 Å². The molecule has 1 aromatic rings. The first-order valence-electron chi connectivity index (χ1n) is 8.30. The molecule has 1 fully saturated rings. The Labute approximate surface area is 146 Å². The molecule has 0 aromatic heterocycles. The molecular weight excluding hydrogens is 312 g/mol. The molecule has 0 bridgehead atoms. The fourth-order valence-corrected chi connectivity index (χ4v) is 2.83. The topological polar surface area (TPSA) is 41.6 Å². The fraction of sp³-hybridized carbons (Fsp3) is 0.611. The normalized spacial score (nSPS) is 20.7. The van der Waals surface area contributed by atoms with Crippen LogP contribution < -0.4 is 10.1 Å². The van der Waals surface area contributed by atoms with E-state index in [2.05, 4.69) is 32.2 Å². The molecule has 1 aliphatic heterocycles. The summed E-state index contributed by atoms with van der Waals surface area (Å²) in [7, 11) is 0. The van der Waals surface area contributed by atoms with E-state index in [0.29, 0.717) is 19.1 Å². The molecule has 2 unspecified atom stereocenters. The van der Waals surface area contributed by atoms with E-state index in [0.717, 1.165) is 31.7 Å². The second-order valence-corrected chi connectivity index (χ2v) is 6.19. The number of piperazine rings is 1. The molecule has 0 spiro atoms. The maximum atomic E-state index is 12.3. The Balaban J connectivity index is 0.00000264. The van der Waals surface area contributed by atoms with Crippen LogP contribution in [0.2, 0.25) is 0 Å². The third kappa shape index (κ3) is 6.04. The van der Waals surface area contributed by atoms with Gasteiger partial charge in [-0.3, -0.25) is 4.79 Å². The van der Waals surface area contributed by atoms with Gasteiger partial charge in [0.15, 0.2) is 0 Å². The van der Waals surface area contributed by atoms with Crippen LogP contribution in [-0.4, -0.2) is 42.6 Å². The maximum Gasteiger partial charge on any atom is 0.222 e. The molecule has 2 atom stereocenters. The first kappa shape index (κ1) is 19.8. The minimum Gasteiger partial charge on any atom is -0.494 e. The molecule has 5 heteroatoms. The lowest BCUT2D eigenvalue weighted by molar-refractivity contribution is -0.135. The molecule has 0 radical (unpaired) electrons. The SMILES string of the molecule is Cc1cccc(OCCCCC(=O)N2CCNC(C)C2C)c1.Cl. The number of ether oxygens (including phenoxy) is 1. The lowest BCUT2D eigenvalue weighted by atomic mass is 10.1. The van der Waals surface area contributed by atoms with Crippen molar-refractivity contribution in [3.63, 3.8) is 0 Å². The van der Waals surface area contributed by atoms with Crippen LogP contribution in [0.1, 0.15) is 38.7 Å². The number of amides is 1. The smallest absolute Gasteiger partial charge is 0.222 e. The van der Waals surface area contributed by atoms with Gasteiger partial charge in [0.25, 0.3) is 0 Å². The van der Waals surface area contributed by atoms with Crippen LogP contribution >= 0.6 is 12.4 Å². The van der Waals surface area contributed by atoms with Gasteiger partial charge in [-0.1, -0.05) is 12.1 Å². The first-order chi connectivity index (χ1) is 10.6. The van der Waals surface area contributed by atoms with Gasteiger partial charge in [0.2, 0.25) is 5.91 Å². The van der Waals surface area contributed by atoms with Crippen LogP contribution in [0.4, 0.5) is 0 Å². The number of rotatable bonds is 6. The van der Waals surface area contributed by atoms with Gasteiger partial charge in [-0.2, -0.15) is 0 Å². The van der Waals surface area contributed by atoms with E-state index in [1.165, 1.54) is 5.56 Å². The molecular formula is C18H29ClN2O2. The molecule has 1 aliphatic rings. The number of benzene rings is 1. The van der Waals surface area contributed by atoms with E-state index in [1.807, 2.05) is 23.1 Å². The number of nitrogens with one attached hydrogen (secondary N) is 1. The largest absolute Gasteiger partial charge is 0.494 e. The Kier molecular flexibility index (Phi) is 8.42. The second kappa shape index (κ2) is 9.78. The Morgan fingerprint density at radius 1 is 1.35 bits per heavy atom. The van der Waals surface area contributed by atoms with Crippen LogP contribution in [0.3, 0.4) is 0 Å². The van der Waals surface area contributed by atoms with E-state index in [9.17, 15) is 4.79 Å². The quantitative estimate of drug-likeness (QED) is 0.809. The van der Waals surface area contributed by atoms with Crippen LogP contribution in [0.15, 0.2) is 24.3 Å². The average molecular weight is 341 g/mol. The van der Waals surface area contributed by atoms with E-state index < -0.39 is 0 Å². The van der Waals surface area contributed by atoms with Gasteiger partial charge in [0.05, 0.1) is 6.61 Å². The van der Waals surface area contributed by atoms with Gasteiger partial charge in [-0.05, 0) is 51.3 Å². The van der Waals surface area contributed by atoms with Gasteiger partial charge in [0, 0.05) is 31.6 Å². The zero-order valence-electron chi connectivity index (χ0n) is 14.4. The molecule has 130 valence electrons. The van der Waals surface area contributed by atoms with Crippen LogP contribution in [0.5, 0.6) is 5.75 Å². The van der Waals surface area contributed by atoms with Crippen molar-refractivity contribution in [2.75, 3.05) is 19.7 Å². The highest BCUT2D eigenvalue weighted by Crippen LogP contribution is 2.14. The number of nitrogens with zero attached hydrogens (tertiary/aromatic N) is 1. The zero-order chi connectivity index (χ0) is 15.9.